The highest BCUT2D eigenvalue weighted by Crippen LogP contribution is 2.37. The van der Waals surface area contributed by atoms with Gasteiger partial charge >= 0.3 is 5.97 Å². The minimum atomic E-state index is -0.777. The van der Waals surface area contributed by atoms with Crippen molar-refractivity contribution in [2.75, 3.05) is 18.0 Å². The quantitative estimate of drug-likeness (QED) is 0.927. The van der Waals surface area contributed by atoms with Crippen LogP contribution in [0.25, 0.3) is 0 Å². The summed E-state index contributed by atoms with van der Waals surface area (Å²) in [6, 6.07) is 1.67. The zero-order valence-corrected chi connectivity index (χ0v) is 12.9. The van der Waals surface area contributed by atoms with Crippen molar-refractivity contribution in [3.05, 3.63) is 16.4 Å². The van der Waals surface area contributed by atoms with Crippen LogP contribution in [0.5, 0.6) is 0 Å². The van der Waals surface area contributed by atoms with E-state index in [0.717, 1.165) is 25.1 Å². The SMILES string of the molecule is CC(C)(C(=O)O)C1CCCN(c2cc(Cl)nnc2Cl)C1. The number of halogens is 2. The van der Waals surface area contributed by atoms with Gasteiger partial charge in [-0.25, -0.2) is 0 Å². The molecule has 1 aromatic heterocycles. The van der Waals surface area contributed by atoms with Gasteiger partial charge in [-0.05, 0) is 32.6 Å². The average molecular weight is 318 g/mol. The zero-order valence-electron chi connectivity index (χ0n) is 11.4. The predicted molar refractivity (Wildman–Crippen MR) is 78.4 cm³/mol. The van der Waals surface area contributed by atoms with Crippen LogP contribution in [-0.2, 0) is 4.79 Å². The van der Waals surface area contributed by atoms with Crippen LogP contribution >= 0.6 is 23.2 Å². The van der Waals surface area contributed by atoms with Crippen LogP contribution in [0.1, 0.15) is 26.7 Å². The Hall–Kier alpha value is -1.07. The van der Waals surface area contributed by atoms with E-state index in [0.29, 0.717) is 11.7 Å². The molecule has 0 radical (unpaired) electrons. The van der Waals surface area contributed by atoms with Gasteiger partial charge in [0.15, 0.2) is 10.3 Å². The van der Waals surface area contributed by atoms with Gasteiger partial charge in [0.1, 0.15) is 0 Å². The summed E-state index contributed by atoms with van der Waals surface area (Å²) in [4.78, 5) is 13.4. The Kier molecular flexibility index (Phi) is 4.39. The Bertz CT molecular complexity index is 522. The number of hydrogen-bond acceptors (Lipinski definition) is 4. The molecule has 0 aliphatic carbocycles. The number of carboxylic acid groups (broad SMARTS) is 1. The summed E-state index contributed by atoms with van der Waals surface area (Å²) < 4.78 is 0. The number of piperidine rings is 1. The van der Waals surface area contributed by atoms with Gasteiger partial charge in [-0.15, -0.1) is 10.2 Å². The summed E-state index contributed by atoms with van der Waals surface area (Å²) in [6.07, 6.45) is 1.80. The molecule has 1 N–H and O–H groups in total. The van der Waals surface area contributed by atoms with Crippen LogP contribution in [0.4, 0.5) is 5.69 Å². The maximum atomic E-state index is 11.4. The number of aliphatic carboxylic acids is 1. The van der Waals surface area contributed by atoms with Crippen LogP contribution < -0.4 is 4.90 Å². The summed E-state index contributed by atoms with van der Waals surface area (Å²) in [7, 11) is 0. The van der Waals surface area contributed by atoms with Crippen molar-refractivity contribution in [1.29, 1.82) is 0 Å². The summed E-state index contributed by atoms with van der Waals surface area (Å²) in [5.74, 6) is -0.724. The van der Waals surface area contributed by atoms with E-state index in [9.17, 15) is 9.90 Å². The van der Waals surface area contributed by atoms with Crippen molar-refractivity contribution in [1.82, 2.24) is 10.2 Å². The Morgan fingerprint density at radius 1 is 1.45 bits per heavy atom. The molecule has 1 atom stereocenters. The molecule has 0 saturated carbocycles. The van der Waals surface area contributed by atoms with Crippen LogP contribution in [-0.4, -0.2) is 34.4 Å². The molecule has 0 aromatic carbocycles. The van der Waals surface area contributed by atoms with Gasteiger partial charge in [-0.2, -0.15) is 0 Å². The molecule has 0 bridgehead atoms. The van der Waals surface area contributed by atoms with Crippen LogP contribution in [0.15, 0.2) is 6.07 Å². The minimum Gasteiger partial charge on any atom is -0.481 e. The number of nitrogens with zero attached hydrogens (tertiary/aromatic N) is 3. The average Bonchev–Trinajstić information content (AvgIpc) is 2.41. The molecule has 5 nitrogen and oxygen atoms in total. The Morgan fingerprint density at radius 2 is 2.15 bits per heavy atom. The molecular weight excluding hydrogens is 301 g/mol. The van der Waals surface area contributed by atoms with Gasteiger partial charge in [0.25, 0.3) is 0 Å². The number of aromatic nitrogens is 2. The molecule has 1 aliphatic rings. The second kappa shape index (κ2) is 5.74. The molecule has 1 fully saturated rings. The smallest absolute Gasteiger partial charge is 0.309 e. The van der Waals surface area contributed by atoms with E-state index in [1.807, 2.05) is 4.90 Å². The Labute approximate surface area is 127 Å². The van der Waals surface area contributed by atoms with E-state index in [-0.39, 0.29) is 11.1 Å². The number of hydrogen-bond donors (Lipinski definition) is 1. The van der Waals surface area contributed by atoms with Gasteiger partial charge in [-0.3, -0.25) is 4.79 Å². The highest BCUT2D eigenvalue weighted by Gasteiger charge is 2.39. The largest absolute Gasteiger partial charge is 0.481 e. The maximum Gasteiger partial charge on any atom is 0.309 e. The van der Waals surface area contributed by atoms with E-state index in [4.69, 9.17) is 23.2 Å². The van der Waals surface area contributed by atoms with Crippen LogP contribution in [0, 0.1) is 11.3 Å². The van der Waals surface area contributed by atoms with Gasteiger partial charge in [-0.1, -0.05) is 23.2 Å². The van der Waals surface area contributed by atoms with Crippen molar-refractivity contribution in [3.8, 4) is 0 Å². The number of anilines is 1. The Morgan fingerprint density at radius 3 is 2.80 bits per heavy atom. The zero-order chi connectivity index (χ0) is 14.9. The van der Waals surface area contributed by atoms with Crippen molar-refractivity contribution < 1.29 is 9.90 Å². The first-order chi connectivity index (χ1) is 9.32. The Balaban J connectivity index is 2.23. The van der Waals surface area contributed by atoms with E-state index < -0.39 is 11.4 Å². The summed E-state index contributed by atoms with van der Waals surface area (Å²) in [5.41, 5.74) is -0.0485. The lowest BCUT2D eigenvalue weighted by Crippen LogP contribution is -2.45. The monoisotopic (exact) mass is 317 g/mol. The number of carbonyl (C=O) groups is 1. The summed E-state index contributed by atoms with van der Waals surface area (Å²) in [6.45, 7) is 4.97. The predicted octanol–water partition coefficient (Wildman–Crippen LogP) is 3.11. The molecule has 7 heteroatoms. The highest BCUT2D eigenvalue weighted by atomic mass is 35.5. The van der Waals surface area contributed by atoms with E-state index in [1.54, 1.807) is 19.9 Å². The highest BCUT2D eigenvalue weighted by molar-refractivity contribution is 6.33. The first kappa shape index (κ1) is 15.3. The molecular formula is C13H17Cl2N3O2. The summed E-state index contributed by atoms with van der Waals surface area (Å²) in [5, 5.41) is 17.4. The van der Waals surface area contributed by atoms with Gasteiger partial charge < -0.3 is 10.0 Å². The normalized spacial score (nSPS) is 20.0. The molecule has 1 aromatic rings. The van der Waals surface area contributed by atoms with Crippen LogP contribution in [0.3, 0.4) is 0 Å². The lowest BCUT2D eigenvalue weighted by Gasteiger charge is -2.40. The molecule has 1 saturated heterocycles. The van der Waals surface area contributed by atoms with Gasteiger partial charge in [0.05, 0.1) is 11.1 Å². The fourth-order valence-corrected chi connectivity index (χ4v) is 2.88. The standard InChI is InChI=1S/C13H17Cl2N3O2/c1-13(2,12(19)20)8-4-3-5-18(7-8)9-6-10(14)16-17-11(9)15/h6,8H,3-5,7H2,1-2H3,(H,19,20). The molecule has 20 heavy (non-hydrogen) atoms. The second-order valence-corrected chi connectivity index (χ2v) is 6.40. The van der Waals surface area contributed by atoms with E-state index in [1.165, 1.54) is 0 Å². The van der Waals surface area contributed by atoms with Crippen molar-refractivity contribution in [3.63, 3.8) is 0 Å². The van der Waals surface area contributed by atoms with Crippen molar-refractivity contribution in [2.45, 2.75) is 26.7 Å². The first-order valence-electron chi connectivity index (χ1n) is 6.49. The molecule has 2 rings (SSSR count). The molecule has 2 heterocycles. The van der Waals surface area contributed by atoms with Crippen LogP contribution in [0.2, 0.25) is 10.3 Å². The van der Waals surface area contributed by atoms with E-state index >= 15 is 0 Å². The first-order valence-corrected chi connectivity index (χ1v) is 7.25. The maximum absolute atomic E-state index is 11.4. The topological polar surface area (TPSA) is 66.3 Å². The lowest BCUT2D eigenvalue weighted by atomic mass is 9.74. The fraction of sp³-hybridized carbons (Fsp3) is 0.615. The number of rotatable bonds is 3. The third kappa shape index (κ3) is 2.99. The molecule has 0 spiro atoms. The molecule has 1 unspecified atom stereocenters. The van der Waals surface area contributed by atoms with Gasteiger partial charge in [0, 0.05) is 19.2 Å². The van der Waals surface area contributed by atoms with Gasteiger partial charge in [0.2, 0.25) is 0 Å². The molecule has 0 amide bonds. The molecule has 1 aliphatic heterocycles. The fourth-order valence-electron chi connectivity index (χ4n) is 2.53. The number of carboxylic acids is 1. The summed E-state index contributed by atoms with van der Waals surface area (Å²) >= 11 is 11.9. The lowest BCUT2D eigenvalue weighted by molar-refractivity contribution is -0.150. The molecule has 110 valence electrons. The van der Waals surface area contributed by atoms with Crippen molar-refractivity contribution >= 4 is 34.9 Å². The minimum absolute atomic E-state index is 0.0526. The third-order valence-corrected chi connectivity index (χ3v) is 4.49. The third-order valence-electron chi connectivity index (χ3n) is 4.03. The van der Waals surface area contributed by atoms with E-state index in [2.05, 4.69) is 10.2 Å². The second-order valence-electron chi connectivity index (χ2n) is 5.66. The van der Waals surface area contributed by atoms with Crippen molar-refractivity contribution in [2.24, 2.45) is 11.3 Å².